The summed E-state index contributed by atoms with van der Waals surface area (Å²) in [6.45, 7) is 2.48. The lowest BCUT2D eigenvalue weighted by atomic mass is 9.80. The standard InChI is InChI=1S/C20H38O3/c1-2-3-7-10-18(22)11-14-20(15-12-19(23)17-20)13-8-5-4-6-9-16-21/h11,14,18-19,21-23H,2-10,12-13,15-17H2,1H3/b14-11+. The summed E-state index contributed by atoms with van der Waals surface area (Å²) < 4.78 is 0. The van der Waals surface area contributed by atoms with Crippen LogP contribution in [0.3, 0.4) is 0 Å². The first-order chi connectivity index (χ1) is 11.1. The molecule has 3 heteroatoms. The molecule has 0 aliphatic heterocycles. The molecule has 0 amide bonds. The number of hydrogen-bond donors (Lipinski definition) is 3. The fraction of sp³-hybridized carbons (Fsp3) is 0.900. The van der Waals surface area contributed by atoms with E-state index in [1.165, 1.54) is 32.1 Å². The van der Waals surface area contributed by atoms with Crippen LogP contribution in [0.1, 0.15) is 90.4 Å². The van der Waals surface area contributed by atoms with Crippen molar-refractivity contribution in [2.45, 2.75) is 103 Å². The van der Waals surface area contributed by atoms with Gasteiger partial charge in [0.2, 0.25) is 0 Å². The second kappa shape index (κ2) is 12.0. The number of allylic oxidation sites excluding steroid dienone is 1. The lowest BCUT2D eigenvalue weighted by Gasteiger charge is -2.26. The number of unbranched alkanes of at least 4 members (excludes halogenated alkanes) is 6. The molecule has 0 aromatic rings. The molecule has 3 nitrogen and oxygen atoms in total. The first kappa shape index (κ1) is 20.7. The van der Waals surface area contributed by atoms with Crippen molar-refractivity contribution in [3.05, 3.63) is 12.2 Å². The molecule has 0 aromatic heterocycles. The maximum absolute atomic E-state index is 10.1. The van der Waals surface area contributed by atoms with Gasteiger partial charge in [-0.2, -0.15) is 0 Å². The van der Waals surface area contributed by atoms with E-state index in [1.807, 2.05) is 6.08 Å². The van der Waals surface area contributed by atoms with E-state index in [9.17, 15) is 10.2 Å². The third kappa shape index (κ3) is 8.88. The van der Waals surface area contributed by atoms with E-state index in [1.54, 1.807) is 0 Å². The zero-order valence-corrected chi connectivity index (χ0v) is 15.1. The lowest BCUT2D eigenvalue weighted by Crippen LogP contribution is -2.16. The van der Waals surface area contributed by atoms with Gasteiger partial charge < -0.3 is 15.3 Å². The zero-order chi connectivity index (χ0) is 17.0. The predicted molar refractivity (Wildman–Crippen MR) is 96.4 cm³/mol. The number of aliphatic hydroxyl groups is 3. The van der Waals surface area contributed by atoms with Gasteiger partial charge in [-0.3, -0.25) is 0 Å². The Kier molecular flexibility index (Phi) is 10.8. The minimum atomic E-state index is -0.333. The van der Waals surface area contributed by atoms with E-state index < -0.39 is 0 Å². The summed E-state index contributed by atoms with van der Waals surface area (Å²) in [6, 6.07) is 0. The molecule has 1 aliphatic carbocycles. The topological polar surface area (TPSA) is 60.7 Å². The molecule has 0 bridgehead atoms. The molecule has 3 atom stereocenters. The number of hydrogen-bond acceptors (Lipinski definition) is 3. The van der Waals surface area contributed by atoms with E-state index >= 15 is 0 Å². The van der Waals surface area contributed by atoms with Crippen molar-refractivity contribution in [3.8, 4) is 0 Å². The van der Waals surface area contributed by atoms with Crippen LogP contribution in [0, 0.1) is 5.41 Å². The van der Waals surface area contributed by atoms with Gasteiger partial charge in [0.05, 0.1) is 12.2 Å². The fourth-order valence-electron chi connectivity index (χ4n) is 3.72. The van der Waals surface area contributed by atoms with E-state index in [2.05, 4.69) is 13.0 Å². The molecular formula is C20H38O3. The summed E-state index contributed by atoms with van der Waals surface area (Å²) in [6.07, 6.45) is 17.5. The lowest BCUT2D eigenvalue weighted by molar-refractivity contribution is 0.165. The van der Waals surface area contributed by atoms with E-state index in [0.29, 0.717) is 6.61 Å². The van der Waals surface area contributed by atoms with Crippen LogP contribution in [0.25, 0.3) is 0 Å². The van der Waals surface area contributed by atoms with Crippen LogP contribution < -0.4 is 0 Å². The van der Waals surface area contributed by atoms with Crippen molar-refractivity contribution in [1.82, 2.24) is 0 Å². The van der Waals surface area contributed by atoms with Crippen molar-refractivity contribution >= 4 is 0 Å². The SMILES string of the molecule is CCCCCC(O)/C=C/C1(CCCCCCCO)CCC(O)C1. The highest BCUT2D eigenvalue weighted by Gasteiger charge is 2.35. The van der Waals surface area contributed by atoms with Crippen LogP contribution in [0.2, 0.25) is 0 Å². The van der Waals surface area contributed by atoms with Crippen molar-refractivity contribution in [3.63, 3.8) is 0 Å². The third-order valence-corrected chi connectivity index (χ3v) is 5.23. The Morgan fingerprint density at radius 3 is 2.48 bits per heavy atom. The Balaban J connectivity index is 2.38. The summed E-state index contributed by atoms with van der Waals surface area (Å²) in [5.74, 6) is 0. The summed E-state index contributed by atoms with van der Waals surface area (Å²) in [5, 5.41) is 28.9. The fourth-order valence-corrected chi connectivity index (χ4v) is 3.72. The Morgan fingerprint density at radius 2 is 1.83 bits per heavy atom. The first-order valence-corrected chi connectivity index (χ1v) is 9.78. The van der Waals surface area contributed by atoms with Gasteiger partial charge >= 0.3 is 0 Å². The van der Waals surface area contributed by atoms with Gasteiger partial charge in [0, 0.05) is 6.61 Å². The minimum Gasteiger partial charge on any atom is -0.396 e. The van der Waals surface area contributed by atoms with Gasteiger partial charge in [0.15, 0.2) is 0 Å². The average Bonchev–Trinajstić information content (AvgIpc) is 2.91. The Labute approximate surface area is 142 Å². The second-order valence-electron chi connectivity index (χ2n) is 7.42. The molecule has 0 spiro atoms. The van der Waals surface area contributed by atoms with Crippen LogP contribution in [0.5, 0.6) is 0 Å². The van der Waals surface area contributed by atoms with E-state index in [0.717, 1.165) is 51.4 Å². The molecule has 0 radical (unpaired) electrons. The largest absolute Gasteiger partial charge is 0.396 e. The van der Waals surface area contributed by atoms with Gasteiger partial charge in [0.1, 0.15) is 0 Å². The van der Waals surface area contributed by atoms with Crippen molar-refractivity contribution in [1.29, 1.82) is 0 Å². The van der Waals surface area contributed by atoms with Crippen molar-refractivity contribution < 1.29 is 15.3 Å². The summed E-state index contributed by atoms with van der Waals surface area (Å²) >= 11 is 0. The van der Waals surface area contributed by atoms with E-state index in [-0.39, 0.29) is 17.6 Å². The van der Waals surface area contributed by atoms with Crippen LogP contribution in [0.15, 0.2) is 12.2 Å². The Bertz CT molecular complexity index is 316. The molecule has 0 aromatic carbocycles. The normalized spacial score (nSPS) is 26.2. The molecule has 1 saturated carbocycles. The van der Waals surface area contributed by atoms with Crippen LogP contribution >= 0.6 is 0 Å². The molecule has 1 rings (SSSR count). The second-order valence-corrected chi connectivity index (χ2v) is 7.42. The highest BCUT2D eigenvalue weighted by Crippen LogP contribution is 2.44. The minimum absolute atomic E-state index is 0.0993. The maximum atomic E-state index is 10.1. The van der Waals surface area contributed by atoms with Crippen LogP contribution in [-0.4, -0.2) is 34.1 Å². The smallest absolute Gasteiger partial charge is 0.0721 e. The van der Waals surface area contributed by atoms with Crippen LogP contribution in [-0.2, 0) is 0 Å². The third-order valence-electron chi connectivity index (χ3n) is 5.23. The summed E-state index contributed by atoms with van der Waals surface area (Å²) in [5.41, 5.74) is 0.0993. The molecule has 3 N–H and O–H groups in total. The monoisotopic (exact) mass is 326 g/mol. The van der Waals surface area contributed by atoms with Crippen LogP contribution in [0.4, 0.5) is 0 Å². The first-order valence-electron chi connectivity index (χ1n) is 9.78. The highest BCUT2D eigenvalue weighted by molar-refractivity contribution is 5.06. The Hall–Kier alpha value is -0.380. The highest BCUT2D eigenvalue weighted by atomic mass is 16.3. The summed E-state index contributed by atoms with van der Waals surface area (Å²) in [7, 11) is 0. The molecule has 1 aliphatic rings. The molecule has 1 fully saturated rings. The zero-order valence-electron chi connectivity index (χ0n) is 15.1. The van der Waals surface area contributed by atoms with Gasteiger partial charge in [0.25, 0.3) is 0 Å². The molecule has 3 unspecified atom stereocenters. The molecule has 136 valence electrons. The number of aliphatic hydroxyl groups excluding tert-OH is 3. The maximum Gasteiger partial charge on any atom is 0.0721 e. The Morgan fingerprint density at radius 1 is 1.09 bits per heavy atom. The number of rotatable bonds is 13. The molecule has 0 heterocycles. The molecule has 23 heavy (non-hydrogen) atoms. The van der Waals surface area contributed by atoms with Crippen molar-refractivity contribution in [2.75, 3.05) is 6.61 Å². The predicted octanol–water partition coefficient (Wildman–Crippen LogP) is 4.35. The quantitative estimate of drug-likeness (QED) is 0.348. The molecular weight excluding hydrogens is 288 g/mol. The van der Waals surface area contributed by atoms with Gasteiger partial charge in [-0.1, -0.05) is 64.0 Å². The average molecular weight is 327 g/mol. The molecule has 0 saturated heterocycles. The van der Waals surface area contributed by atoms with E-state index in [4.69, 9.17) is 5.11 Å². The van der Waals surface area contributed by atoms with Gasteiger partial charge in [-0.25, -0.2) is 0 Å². The van der Waals surface area contributed by atoms with Crippen molar-refractivity contribution in [2.24, 2.45) is 5.41 Å². The summed E-state index contributed by atoms with van der Waals surface area (Å²) in [4.78, 5) is 0. The van der Waals surface area contributed by atoms with Gasteiger partial charge in [-0.15, -0.1) is 0 Å². The van der Waals surface area contributed by atoms with Gasteiger partial charge in [-0.05, 0) is 43.9 Å².